The normalized spacial score (nSPS) is 9.17. The van der Waals surface area contributed by atoms with Gasteiger partial charge in [-0.3, -0.25) is 4.79 Å². The van der Waals surface area contributed by atoms with E-state index in [0.29, 0.717) is 11.3 Å². The Morgan fingerprint density at radius 1 is 1.67 bits per heavy atom. The minimum atomic E-state index is -0.163. The van der Waals surface area contributed by atoms with Crippen molar-refractivity contribution in [3.05, 3.63) is 29.8 Å². The Hall–Kier alpha value is -1.51. The van der Waals surface area contributed by atoms with E-state index in [1.54, 1.807) is 25.2 Å². The van der Waals surface area contributed by atoms with Crippen molar-refractivity contribution in [2.24, 2.45) is 0 Å². The highest BCUT2D eigenvalue weighted by molar-refractivity contribution is 5.96. The summed E-state index contributed by atoms with van der Waals surface area (Å²) < 4.78 is 4.99. The topological polar surface area (TPSA) is 38.3 Å². The molecule has 0 fully saturated rings. The number of carbonyl (C=O) groups is 1. The molecule has 0 aliphatic rings. The first-order valence-corrected chi connectivity index (χ1v) is 3.55. The van der Waals surface area contributed by atoms with Crippen LogP contribution in [0.1, 0.15) is 10.4 Å². The summed E-state index contributed by atoms with van der Waals surface area (Å²) in [6.07, 6.45) is 0. The summed E-state index contributed by atoms with van der Waals surface area (Å²) >= 11 is 0. The van der Waals surface area contributed by atoms with Crippen molar-refractivity contribution in [3.63, 3.8) is 0 Å². The van der Waals surface area contributed by atoms with E-state index < -0.39 is 0 Å². The number of ether oxygens (including phenoxy) is 1. The smallest absolute Gasteiger partial charge is 0.254 e. The number of hydrogen-bond donors (Lipinski definition) is 1. The van der Waals surface area contributed by atoms with Crippen LogP contribution in [0.2, 0.25) is 0 Å². The maximum atomic E-state index is 11.2. The Kier molecular flexibility index (Phi) is 2.69. The lowest BCUT2D eigenvalue weighted by molar-refractivity contribution is 0.0960. The molecule has 0 aromatic heterocycles. The molecule has 0 heterocycles. The Labute approximate surface area is 71.4 Å². The summed E-state index contributed by atoms with van der Waals surface area (Å²) in [7, 11) is 3.11. The first-order chi connectivity index (χ1) is 5.79. The van der Waals surface area contributed by atoms with E-state index >= 15 is 0 Å². The van der Waals surface area contributed by atoms with Crippen LogP contribution in [0.15, 0.2) is 18.2 Å². The molecule has 3 nitrogen and oxygen atoms in total. The molecule has 1 aromatic rings. The molecule has 0 unspecified atom stereocenters. The van der Waals surface area contributed by atoms with Crippen molar-refractivity contribution in [2.45, 2.75) is 0 Å². The predicted octanol–water partition coefficient (Wildman–Crippen LogP) is 0.855. The summed E-state index contributed by atoms with van der Waals surface area (Å²) in [5.74, 6) is 0.400. The fraction of sp³-hybridized carbons (Fsp3) is 0.222. The standard InChI is InChI=1S/C9H10NO2/c1-10-9(11)7-5-3-4-6-8(7)12-2/h4-6H,1-2H3,(H,10,11). The molecule has 1 rings (SSSR count). The molecule has 0 aliphatic carbocycles. The zero-order valence-corrected chi connectivity index (χ0v) is 7.05. The first-order valence-electron chi connectivity index (χ1n) is 3.55. The number of benzene rings is 1. The first kappa shape index (κ1) is 8.59. The van der Waals surface area contributed by atoms with Crippen molar-refractivity contribution in [3.8, 4) is 5.75 Å². The average Bonchev–Trinajstić information content (AvgIpc) is 2.16. The highest BCUT2D eigenvalue weighted by atomic mass is 16.5. The molecule has 1 radical (unpaired) electrons. The summed E-state index contributed by atoms with van der Waals surface area (Å²) in [6, 6.07) is 7.80. The van der Waals surface area contributed by atoms with Crippen molar-refractivity contribution < 1.29 is 9.53 Å². The van der Waals surface area contributed by atoms with Gasteiger partial charge >= 0.3 is 0 Å². The molecule has 0 saturated heterocycles. The van der Waals surface area contributed by atoms with Crippen molar-refractivity contribution in [1.29, 1.82) is 0 Å². The Bertz CT molecular complexity index is 284. The second-order valence-corrected chi connectivity index (χ2v) is 2.21. The zero-order valence-electron chi connectivity index (χ0n) is 7.05. The van der Waals surface area contributed by atoms with E-state index in [1.165, 1.54) is 7.11 Å². The Morgan fingerprint density at radius 2 is 2.42 bits per heavy atom. The van der Waals surface area contributed by atoms with E-state index in [0.717, 1.165) is 0 Å². The molecular weight excluding hydrogens is 154 g/mol. The third-order valence-electron chi connectivity index (χ3n) is 1.52. The van der Waals surface area contributed by atoms with Crippen LogP contribution in [0.4, 0.5) is 0 Å². The summed E-state index contributed by atoms with van der Waals surface area (Å²) in [5, 5.41) is 2.52. The fourth-order valence-electron chi connectivity index (χ4n) is 0.906. The molecular formula is C9H10NO2. The molecule has 12 heavy (non-hydrogen) atoms. The molecule has 0 atom stereocenters. The van der Waals surface area contributed by atoms with Crippen molar-refractivity contribution in [2.75, 3.05) is 14.2 Å². The van der Waals surface area contributed by atoms with Crippen LogP contribution in [0, 0.1) is 6.07 Å². The lowest BCUT2D eigenvalue weighted by Crippen LogP contribution is -2.18. The number of hydrogen-bond acceptors (Lipinski definition) is 2. The van der Waals surface area contributed by atoms with Gasteiger partial charge in [-0.15, -0.1) is 0 Å². The van der Waals surface area contributed by atoms with E-state index in [1.807, 2.05) is 0 Å². The van der Waals surface area contributed by atoms with Crippen molar-refractivity contribution in [1.82, 2.24) is 5.32 Å². The summed E-state index contributed by atoms with van der Waals surface area (Å²) in [5.41, 5.74) is 0.502. The van der Waals surface area contributed by atoms with Crippen LogP contribution >= 0.6 is 0 Å². The lowest BCUT2D eigenvalue weighted by Gasteiger charge is -2.05. The predicted molar refractivity (Wildman–Crippen MR) is 45.2 cm³/mol. The van der Waals surface area contributed by atoms with Gasteiger partial charge in [-0.05, 0) is 18.2 Å². The molecule has 1 amide bonds. The number of methoxy groups -OCH3 is 1. The molecule has 0 aliphatic heterocycles. The highest BCUT2D eigenvalue weighted by Gasteiger charge is 2.08. The van der Waals surface area contributed by atoms with E-state index in [-0.39, 0.29) is 5.91 Å². The third kappa shape index (κ3) is 1.56. The molecule has 63 valence electrons. The van der Waals surface area contributed by atoms with Gasteiger partial charge in [-0.25, -0.2) is 0 Å². The van der Waals surface area contributed by atoms with Gasteiger partial charge in [0.1, 0.15) is 5.75 Å². The second-order valence-electron chi connectivity index (χ2n) is 2.21. The lowest BCUT2D eigenvalue weighted by atomic mass is 10.2. The van der Waals surface area contributed by atoms with Gasteiger partial charge in [0.15, 0.2) is 0 Å². The van der Waals surface area contributed by atoms with Crippen LogP contribution < -0.4 is 10.1 Å². The zero-order chi connectivity index (χ0) is 8.97. The fourth-order valence-corrected chi connectivity index (χ4v) is 0.906. The molecule has 0 spiro atoms. The molecule has 0 bridgehead atoms. The SMILES string of the molecule is CNC(=O)c1c[c]ccc1OC. The van der Waals surface area contributed by atoms with Crippen LogP contribution in [0.3, 0.4) is 0 Å². The minimum absolute atomic E-state index is 0.163. The summed E-state index contributed by atoms with van der Waals surface area (Å²) in [6.45, 7) is 0. The number of nitrogens with one attached hydrogen (secondary N) is 1. The van der Waals surface area contributed by atoms with Gasteiger partial charge in [0.2, 0.25) is 0 Å². The van der Waals surface area contributed by atoms with Crippen LogP contribution in [0.25, 0.3) is 0 Å². The van der Waals surface area contributed by atoms with E-state index in [2.05, 4.69) is 11.4 Å². The van der Waals surface area contributed by atoms with Crippen molar-refractivity contribution >= 4 is 5.91 Å². The van der Waals surface area contributed by atoms with Crippen LogP contribution in [0.5, 0.6) is 5.75 Å². The summed E-state index contributed by atoms with van der Waals surface area (Å²) in [4.78, 5) is 11.2. The van der Waals surface area contributed by atoms with Crippen LogP contribution in [-0.4, -0.2) is 20.1 Å². The molecule has 0 saturated carbocycles. The Morgan fingerprint density at radius 3 is 3.00 bits per heavy atom. The van der Waals surface area contributed by atoms with Gasteiger partial charge < -0.3 is 10.1 Å². The average molecular weight is 164 g/mol. The Balaban J connectivity index is 3.04. The van der Waals surface area contributed by atoms with E-state index in [4.69, 9.17) is 4.74 Å². The molecule has 1 aromatic carbocycles. The van der Waals surface area contributed by atoms with Crippen LogP contribution in [-0.2, 0) is 0 Å². The maximum Gasteiger partial charge on any atom is 0.254 e. The second kappa shape index (κ2) is 3.76. The monoisotopic (exact) mass is 164 g/mol. The minimum Gasteiger partial charge on any atom is -0.496 e. The third-order valence-corrected chi connectivity index (χ3v) is 1.52. The largest absolute Gasteiger partial charge is 0.496 e. The number of rotatable bonds is 2. The number of carbonyl (C=O) groups excluding carboxylic acids is 1. The quantitative estimate of drug-likeness (QED) is 0.703. The number of amides is 1. The molecule has 1 N–H and O–H groups in total. The van der Waals surface area contributed by atoms with Gasteiger partial charge in [0, 0.05) is 7.05 Å². The van der Waals surface area contributed by atoms with Gasteiger partial charge in [0.05, 0.1) is 12.7 Å². The maximum absolute atomic E-state index is 11.2. The highest BCUT2D eigenvalue weighted by Crippen LogP contribution is 2.15. The molecule has 3 heteroatoms. The van der Waals surface area contributed by atoms with E-state index in [9.17, 15) is 4.79 Å². The van der Waals surface area contributed by atoms with Gasteiger partial charge in [0.25, 0.3) is 5.91 Å². The van der Waals surface area contributed by atoms with Gasteiger partial charge in [-0.1, -0.05) is 6.07 Å². The van der Waals surface area contributed by atoms with Gasteiger partial charge in [-0.2, -0.15) is 0 Å².